The highest BCUT2D eigenvalue weighted by Crippen LogP contribution is 2.56. The number of hydrogen-bond donors (Lipinski definition) is 2. The lowest BCUT2D eigenvalue weighted by Gasteiger charge is -2.47. The van der Waals surface area contributed by atoms with Gasteiger partial charge in [0.1, 0.15) is 11.3 Å². The van der Waals surface area contributed by atoms with Gasteiger partial charge >= 0.3 is 5.97 Å². The molecule has 2 atom stereocenters. The van der Waals surface area contributed by atoms with Gasteiger partial charge in [-0.2, -0.15) is 0 Å². The number of aromatic nitrogens is 1. The van der Waals surface area contributed by atoms with Crippen LogP contribution in [0.2, 0.25) is 5.02 Å². The zero-order chi connectivity index (χ0) is 28.5. The molecule has 6 nitrogen and oxygen atoms in total. The van der Waals surface area contributed by atoms with Crippen molar-refractivity contribution in [2.45, 2.75) is 81.3 Å². The molecule has 0 bridgehead atoms. The highest BCUT2D eigenvalue weighted by molar-refractivity contribution is 6.30. The molecule has 2 aromatic carbocycles. The number of halogens is 1. The van der Waals surface area contributed by atoms with Crippen LogP contribution in [-0.4, -0.2) is 35.3 Å². The van der Waals surface area contributed by atoms with Crippen molar-refractivity contribution in [3.05, 3.63) is 88.2 Å². The second-order valence-corrected chi connectivity index (χ2v) is 12.4. The smallest absolute Gasteiger partial charge is 0.331 e. The minimum atomic E-state index is -0.777. The van der Waals surface area contributed by atoms with Crippen molar-refractivity contribution < 1.29 is 19.4 Å². The summed E-state index contributed by atoms with van der Waals surface area (Å²) in [5.74, 6) is 1.14. The van der Waals surface area contributed by atoms with Gasteiger partial charge in [-0.15, -0.1) is 0 Å². The molecule has 1 fully saturated rings. The number of methoxy groups -OCH3 is 1. The predicted molar refractivity (Wildman–Crippen MR) is 160 cm³/mol. The number of ether oxygens (including phenoxy) is 2. The van der Waals surface area contributed by atoms with Crippen LogP contribution in [0.5, 0.6) is 5.75 Å². The zero-order valence-corrected chi connectivity index (χ0v) is 24.5. The third-order valence-electron chi connectivity index (χ3n) is 9.80. The van der Waals surface area contributed by atoms with E-state index >= 15 is 0 Å². The van der Waals surface area contributed by atoms with E-state index in [2.05, 4.69) is 34.6 Å². The van der Waals surface area contributed by atoms with Gasteiger partial charge in [-0.05, 0) is 111 Å². The maximum Gasteiger partial charge on any atom is 0.331 e. The number of aliphatic hydroxyl groups is 1. The molecule has 7 heteroatoms. The molecule has 1 spiro atoms. The third-order valence-corrected chi connectivity index (χ3v) is 10.0. The van der Waals surface area contributed by atoms with E-state index in [1.807, 2.05) is 30.3 Å². The minimum absolute atomic E-state index is 0.0318. The Labute approximate surface area is 247 Å². The molecule has 3 aliphatic carbocycles. The molecule has 41 heavy (non-hydrogen) atoms. The van der Waals surface area contributed by atoms with Crippen molar-refractivity contribution in [3.63, 3.8) is 0 Å². The highest BCUT2D eigenvalue weighted by Gasteiger charge is 2.54. The van der Waals surface area contributed by atoms with E-state index in [-0.39, 0.29) is 11.4 Å². The molecule has 1 saturated carbocycles. The maximum atomic E-state index is 13.2. The molecule has 216 valence electrons. The molecule has 1 aromatic heterocycles. The topological polar surface area (TPSA) is 80.7 Å². The van der Waals surface area contributed by atoms with Gasteiger partial charge in [0, 0.05) is 22.5 Å². The van der Waals surface area contributed by atoms with E-state index < -0.39 is 11.6 Å². The fraction of sp³-hybridized carbons (Fsp3) is 0.471. The first-order valence-electron chi connectivity index (χ1n) is 14.9. The summed E-state index contributed by atoms with van der Waals surface area (Å²) in [6, 6.07) is 18.4. The van der Waals surface area contributed by atoms with Crippen LogP contribution in [0.3, 0.4) is 0 Å². The fourth-order valence-electron chi connectivity index (χ4n) is 7.75. The van der Waals surface area contributed by atoms with Gasteiger partial charge in [-0.25, -0.2) is 4.79 Å². The molecule has 0 radical (unpaired) electrons. The van der Waals surface area contributed by atoms with Crippen molar-refractivity contribution >= 4 is 23.3 Å². The van der Waals surface area contributed by atoms with Crippen LogP contribution < -0.4 is 10.1 Å². The molecule has 1 heterocycles. The van der Waals surface area contributed by atoms with E-state index in [1.165, 1.54) is 18.2 Å². The van der Waals surface area contributed by atoms with E-state index in [1.54, 1.807) is 6.20 Å². The van der Waals surface area contributed by atoms with Gasteiger partial charge < -0.3 is 19.9 Å². The van der Waals surface area contributed by atoms with Crippen molar-refractivity contribution in [2.24, 2.45) is 5.92 Å². The summed E-state index contributed by atoms with van der Waals surface area (Å²) in [6.45, 7) is 0.637. The summed E-state index contributed by atoms with van der Waals surface area (Å²) in [7, 11) is 1.47. The van der Waals surface area contributed by atoms with Crippen molar-refractivity contribution in [1.29, 1.82) is 0 Å². The molecule has 2 unspecified atom stereocenters. The molecule has 0 saturated heterocycles. The van der Waals surface area contributed by atoms with E-state index in [4.69, 9.17) is 21.1 Å². The second-order valence-electron chi connectivity index (χ2n) is 12.0. The predicted octanol–water partition coefficient (Wildman–Crippen LogP) is 6.97. The molecule has 0 aliphatic heterocycles. The number of pyridine rings is 1. The van der Waals surface area contributed by atoms with Gasteiger partial charge in [-0.3, -0.25) is 4.98 Å². The number of benzene rings is 2. The molecule has 0 amide bonds. The summed E-state index contributed by atoms with van der Waals surface area (Å²) in [5, 5.41) is 14.5. The summed E-state index contributed by atoms with van der Waals surface area (Å²) < 4.78 is 11.6. The van der Waals surface area contributed by atoms with Gasteiger partial charge in [0.05, 0.1) is 25.5 Å². The molecule has 3 aromatic rings. The lowest BCUT2D eigenvalue weighted by molar-refractivity contribution is -0.148. The van der Waals surface area contributed by atoms with E-state index in [0.717, 1.165) is 74.1 Å². The first kappa shape index (κ1) is 28.0. The van der Waals surface area contributed by atoms with Crippen LogP contribution in [-0.2, 0) is 27.8 Å². The average Bonchev–Trinajstić information content (AvgIpc) is 3.29. The quantitative estimate of drug-likeness (QED) is 0.223. The normalized spacial score (nSPS) is 26.7. The van der Waals surface area contributed by atoms with Gasteiger partial charge in [0.15, 0.2) is 0 Å². The minimum Gasteiger partial charge on any atom is -0.493 e. The van der Waals surface area contributed by atoms with E-state index in [9.17, 15) is 9.90 Å². The number of nitrogens with zero attached hydrogens (tertiary/aromatic N) is 1. The Morgan fingerprint density at radius 2 is 1.95 bits per heavy atom. The number of nitrogens with one attached hydrogen (secondary N) is 1. The van der Waals surface area contributed by atoms with Gasteiger partial charge in [-0.1, -0.05) is 41.9 Å². The molecular weight excluding hydrogens is 536 g/mol. The summed E-state index contributed by atoms with van der Waals surface area (Å²) in [5.41, 5.74) is 4.82. The summed E-state index contributed by atoms with van der Waals surface area (Å²) in [4.78, 5) is 17.6. The van der Waals surface area contributed by atoms with Crippen LogP contribution in [0, 0.1) is 5.92 Å². The van der Waals surface area contributed by atoms with Crippen molar-refractivity contribution in [1.82, 2.24) is 4.98 Å². The van der Waals surface area contributed by atoms with Crippen LogP contribution >= 0.6 is 11.6 Å². The third kappa shape index (κ3) is 5.32. The molecular formula is C34H39ClN2O4. The summed E-state index contributed by atoms with van der Waals surface area (Å²) in [6.07, 6.45) is 10.1. The first-order valence-corrected chi connectivity index (χ1v) is 15.3. The van der Waals surface area contributed by atoms with Gasteiger partial charge in [0.2, 0.25) is 0 Å². The van der Waals surface area contributed by atoms with Crippen LogP contribution in [0.1, 0.15) is 79.9 Å². The van der Waals surface area contributed by atoms with E-state index in [0.29, 0.717) is 30.4 Å². The number of aliphatic hydroxyl groups excluding tert-OH is 1. The van der Waals surface area contributed by atoms with Crippen molar-refractivity contribution in [2.75, 3.05) is 19.0 Å². The molecule has 6 rings (SSSR count). The lowest BCUT2D eigenvalue weighted by Crippen LogP contribution is -2.53. The number of rotatable bonds is 8. The number of anilines is 1. The van der Waals surface area contributed by atoms with Crippen LogP contribution in [0.15, 0.2) is 60.8 Å². The average molecular weight is 575 g/mol. The Morgan fingerprint density at radius 1 is 1.12 bits per heavy atom. The Morgan fingerprint density at radius 3 is 2.76 bits per heavy atom. The zero-order valence-electron chi connectivity index (χ0n) is 23.7. The molecule has 2 N–H and O–H groups in total. The number of carbonyl (C=O) groups excluding carboxylic acids is 1. The first-order chi connectivity index (χ1) is 19.9. The highest BCUT2D eigenvalue weighted by atomic mass is 35.5. The Balaban J connectivity index is 1.17. The van der Waals surface area contributed by atoms with Crippen LogP contribution in [0.4, 0.5) is 5.69 Å². The Kier molecular flexibility index (Phi) is 7.97. The number of carbonyl (C=O) groups is 1. The fourth-order valence-corrected chi connectivity index (χ4v) is 7.94. The van der Waals surface area contributed by atoms with Crippen molar-refractivity contribution in [3.8, 4) is 5.75 Å². The number of esters is 1. The largest absolute Gasteiger partial charge is 0.493 e. The Bertz CT molecular complexity index is 1400. The van der Waals surface area contributed by atoms with Crippen LogP contribution in [0.25, 0.3) is 0 Å². The number of fused-ring (bicyclic) bond motifs is 3. The standard InChI is InChI=1S/C34H39ClN2O4/c1-40-32(39)34(37-26-10-4-9-25(35)22-26)17-15-33(16-18-34)24(21-23-7-2-3-12-28(23)33)8-6-20-41-30-14-19-36-31-27(30)11-5-13-29(31)38/h2-4,7,9-10,12,14,19,22,24,29,37-38H,5-6,8,11,13,15-18,20-21H2,1H3. The maximum absolute atomic E-state index is 13.2. The monoisotopic (exact) mass is 574 g/mol. The lowest BCUT2D eigenvalue weighted by atomic mass is 9.60. The Hall–Kier alpha value is -3.09. The second kappa shape index (κ2) is 11.7. The van der Waals surface area contributed by atoms with Gasteiger partial charge in [0.25, 0.3) is 0 Å². The number of hydrogen-bond acceptors (Lipinski definition) is 6. The SMILES string of the molecule is COC(=O)C1(Nc2cccc(Cl)c2)CCC2(CC1)c1ccccc1CC2CCCOc1ccnc2c1CCCC2O. The summed E-state index contributed by atoms with van der Waals surface area (Å²) >= 11 is 6.26. The molecule has 3 aliphatic rings.